The first-order valence-corrected chi connectivity index (χ1v) is 6.63. The van der Waals surface area contributed by atoms with Crippen molar-refractivity contribution in [1.29, 1.82) is 0 Å². The van der Waals surface area contributed by atoms with E-state index in [9.17, 15) is 4.79 Å². The summed E-state index contributed by atoms with van der Waals surface area (Å²) in [5.74, 6) is -0.109. The van der Waals surface area contributed by atoms with Crippen molar-refractivity contribution in [3.8, 4) is 0 Å². The summed E-state index contributed by atoms with van der Waals surface area (Å²) in [5.41, 5.74) is 5.59. The maximum atomic E-state index is 11.8. The SMILES string of the molecule is CCOC(=O)C1CCCN1Cc1cnc(N)s1. The van der Waals surface area contributed by atoms with Gasteiger partial charge in [-0.1, -0.05) is 0 Å². The molecule has 1 saturated heterocycles. The van der Waals surface area contributed by atoms with Gasteiger partial charge in [-0.05, 0) is 26.3 Å². The summed E-state index contributed by atoms with van der Waals surface area (Å²) >= 11 is 1.47. The number of aromatic nitrogens is 1. The zero-order valence-corrected chi connectivity index (χ0v) is 10.7. The summed E-state index contributed by atoms with van der Waals surface area (Å²) in [7, 11) is 0. The maximum Gasteiger partial charge on any atom is 0.323 e. The summed E-state index contributed by atoms with van der Waals surface area (Å²) in [6, 6.07) is -0.0988. The Morgan fingerprint density at radius 3 is 3.24 bits per heavy atom. The first-order chi connectivity index (χ1) is 8.20. The predicted molar refractivity (Wildman–Crippen MR) is 66.6 cm³/mol. The van der Waals surface area contributed by atoms with Crippen LogP contribution in [0.15, 0.2) is 6.20 Å². The molecule has 0 aliphatic carbocycles. The van der Waals surface area contributed by atoms with Crippen LogP contribution < -0.4 is 5.73 Å². The van der Waals surface area contributed by atoms with Gasteiger partial charge in [-0.2, -0.15) is 0 Å². The average Bonchev–Trinajstić information content (AvgIpc) is 2.89. The quantitative estimate of drug-likeness (QED) is 0.820. The fraction of sp³-hybridized carbons (Fsp3) is 0.636. The van der Waals surface area contributed by atoms with Gasteiger partial charge in [-0.3, -0.25) is 9.69 Å². The lowest BCUT2D eigenvalue weighted by molar-refractivity contribution is -0.148. The molecule has 0 saturated carbocycles. The molecule has 94 valence electrons. The van der Waals surface area contributed by atoms with Crippen LogP contribution in [0.3, 0.4) is 0 Å². The highest BCUT2D eigenvalue weighted by molar-refractivity contribution is 7.15. The third-order valence-electron chi connectivity index (χ3n) is 2.85. The second-order valence-corrected chi connectivity index (χ2v) is 5.19. The largest absolute Gasteiger partial charge is 0.465 e. The molecule has 1 aromatic heterocycles. The molecule has 0 aromatic carbocycles. The van der Waals surface area contributed by atoms with Crippen molar-refractivity contribution in [2.45, 2.75) is 32.4 Å². The number of esters is 1. The second kappa shape index (κ2) is 5.46. The number of nitrogens with zero attached hydrogens (tertiary/aromatic N) is 2. The van der Waals surface area contributed by atoms with Crippen LogP contribution >= 0.6 is 11.3 Å². The molecule has 1 fully saturated rings. The van der Waals surface area contributed by atoms with E-state index in [4.69, 9.17) is 10.5 Å². The van der Waals surface area contributed by atoms with Gasteiger partial charge < -0.3 is 10.5 Å². The van der Waals surface area contributed by atoms with Gasteiger partial charge >= 0.3 is 5.97 Å². The van der Waals surface area contributed by atoms with E-state index < -0.39 is 0 Å². The van der Waals surface area contributed by atoms with Gasteiger partial charge in [0, 0.05) is 17.6 Å². The normalized spacial score (nSPS) is 20.6. The number of hydrogen-bond acceptors (Lipinski definition) is 6. The van der Waals surface area contributed by atoms with E-state index in [0.717, 1.165) is 30.8 Å². The first kappa shape index (κ1) is 12.3. The van der Waals surface area contributed by atoms with E-state index in [1.807, 2.05) is 6.92 Å². The Morgan fingerprint density at radius 2 is 2.59 bits per heavy atom. The number of anilines is 1. The van der Waals surface area contributed by atoms with Gasteiger partial charge in [0.05, 0.1) is 6.61 Å². The van der Waals surface area contributed by atoms with E-state index >= 15 is 0 Å². The molecule has 0 spiro atoms. The molecule has 2 rings (SSSR count). The number of rotatable bonds is 4. The van der Waals surface area contributed by atoms with Crippen molar-refractivity contribution < 1.29 is 9.53 Å². The van der Waals surface area contributed by atoms with E-state index in [1.54, 1.807) is 6.20 Å². The zero-order valence-electron chi connectivity index (χ0n) is 9.89. The molecule has 1 unspecified atom stereocenters. The molecular formula is C11H17N3O2S. The van der Waals surface area contributed by atoms with Crippen LogP contribution in [0.1, 0.15) is 24.6 Å². The smallest absolute Gasteiger partial charge is 0.323 e. The fourth-order valence-electron chi connectivity index (χ4n) is 2.12. The fourth-order valence-corrected chi connectivity index (χ4v) is 2.83. The zero-order chi connectivity index (χ0) is 12.3. The van der Waals surface area contributed by atoms with Crippen molar-refractivity contribution in [2.75, 3.05) is 18.9 Å². The molecule has 1 aromatic rings. The van der Waals surface area contributed by atoms with Gasteiger partial charge in [0.1, 0.15) is 6.04 Å². The molecule has 1 aliphatic heterocycles. The van der Waals surface area contributed by atoms with Crippen LogP contribution in [0.25, 0.3) is 0 Å². The van der Waals surface area contributed by atoms with E-state index in [0.29, 0.717) is 11.7 Å². The summed E-state index contributed by atoms with van der Waals surface area (Å²) < 4.78 is 5.08. The maximum absolute atomic E-state index is 11.8. The molecule has 0 radical (unpaired) electrons. The van der Waals surface area contributed by atoms with Crippen LogP contribution in [0.4, 0.5) is 5.13 Å². The van der Waals surface area contributed by atoms with E-state index in [1.165, 1.54) is 11.3 Å². The lowest BCUT2D eigenvalue weighted by Gasteiger charge is -2.21. The van der Waals surface area contributed by atoms with Crippen LogP contribution in [-0.2, 0) is 16.1 Å². The summed E-state index contributed by atoms with van der Waals surface area (Å²) in [6.45, 7) is 3.94. The Kier molecular flexibility index (Phi) is 3.96. The van der Waals surface area contributed by atoms with Gasteiger partial charge in [-0.25, -0.2) is 4.98 Å². The van der Waals surface area contributed by atoms with E-state index in [2.05, 4.69) is 9.88 Å². The van der Waals surface area contributed by atoms with Gasteiger partial charge in [0.25, 0.3) is 0 Å². The van der Waals surface area contributed by atoms with E-state index in [-0.39, 0.29) is 12.0 Å². The Hall–Kier alpha value is -1.14. The van der Waals surface area contributed by atoms with Crippen LogP contribution in [0, 0.1) is 0 Å². The Labute approximate surface area is 105 Å². The highest BCUT2D eigenvalue weighted by atomic mass is 32.1. The minimum absolute atomic E-state index is 0.0988. The third-order valence-corrected chi connectivity index (χ3v) is 3.66. The number of thiazole rings is 1. The molecule has 0 amide bonds. The number of hydrogen-bond donors (Lipinski definition) is 1. The standard InChI is InChI=1S/C11H17N3O2S/c1-2-16-10(15)9-4-3-5-14(9)7-8-6-13-11(12)17-8/h6,9H,2-5,7H2,1H3,(H2,12,13). The number of nitrogen functional groups attached to an aromatic ring is 1. The highest BCUT2D eigenvalue weighted by Gasteiger charge is 2.31. The molecule has 2 heterocycles. The molecule has 17 heavy (non-hydrogen) atoms. The summed E-state index contributed by atoms with van der Waals surface area (Å²) in [5, 5.41) is 0.576. The molecule has 0 bridgehead atoms. The number of carbonyl (C=O) groups excluding carboxylic acids is 1. The minimum Gasteiger partial charge on any atom is -0.465 e. The molecule has 2 N–H and O–H groups in total. The highest BCUT2D eigenvalue weighted by Crippen LogP contribution is 2.24. The molecule has 1 aliphatic rings. The van der Waals surface area contributed by atoms with Crippen LogP contribution in [-0.4, -0.2) is 35.0 Å². The Morgan fingerprint density at radius 1 is 1.76 bits per heavy atom. The Bertz CT molecular complexity index is 394. The molecular weight excluding hydrogens is 238 g/mol. The number of ether oxygens (including phenoxy) is 1. The summed E-state index contributed by atoms with van der Waals surface area (Å²) in [4.78, 5) is 19.0. The number of likely N-dealkylation sites (tertiary alicyclic amines) is 1. The summed E-state index contributed by atoms with van der Waals surface area (Å²) in [6.07, 6.45) is 3.70. The van der Waals surface area contributed by atoms with Crippen molar-refractivity contribution in [1.82, 2.24) is 9.88 Å². The van der Waals surface area contributed by atoms with Gasteiger partial charge in [0.15, 0.2) is 5.13 Å². The molecule has 6 heteroatoms. The van der Waals surface area contributed by atoms with Crippen molar-refractivity contribution in [2.24, 2.45) is 0 Å². The minimum atomic E-state index is -0.109. The van der Waals surface area contributed by atoms with Gasteiger partial charge in [-0.15, -0.1) is 11.3 Å². The first-order valence-electron chi connectivity index (χ1n) is 5.81. The van der Waals surface area contributed by atoms with Crippen molar-refractivity contribution in [3.05, 3.63) is 11.1 Å². The van der Waals surface area contributed by atoms with Crippen molar-refractivity contribution in [3.63, 3.8) is 0 Å². The van der Waals surface area contributed by atoms with Crippen molar-refractivity contribution >= 4 is 22.4 Å². The van der Waals surface area contributed by atoms with Crippen LogP contribution in [0.2, 0.25) is 0 Å². The third kappa shape index (κ3) is 2.95. The lowest BCUT2D eigenvalue weighted by Crippen LogP contribution is -2.36. The van der Waals surface area contributed by atoms with Crippen LogP contribution in [0.5, 0.6) is 0 Å². The van der Waals surface area contributed by atoms with Gasteiger partial charge in [0.2, 0.25) is 0 Å². The monoisotopic (exact) mass is 255 g/mol. The molecule has 1 atom stereocenters. The predicted octanol–water partition coefficient (Wildman–Crippen LogP) is 1.25. The average molecular weight is 255 g/mol. The second-order valence-electron chi connectivity index (χ2n) is 4.05. The topological polar surface area (TPSA) is 68.5 Å². The lowest BCUT2D eigenvalue weighted by atomic mass is 10.2. The molecule has 5 nitrogen and oxygen atoms in total. The Balaban J connectivity index is 1.97. The number of carbonyl (C=O) groups is 1. The number of nitrogens with two attached hydrogens (primary N) is 1.